The fourth-order valence-corrected chi connectivity index (χ4v) is 5.20. The number of aromatic nitrogens is 6. The highest BCUT2D eigenvalue weighted by Crippen LogP contribution is 2.30. The molecule has 6 rings (SSSR count). The van der Waals surface area contributed by atoms with Crippen molar-refractivity contribution in [3.63, 3.8) is 0 Å². The summed E-state index contributed by atoms with van der Waals surface area (Å²) in [7, 11) is 1.98. The zero-order valence-electron chi connectivity index (χ0n) is 21.1. The number of benzene rings is 1. The van der Waals surface area contributed by atoms with Gasteiger partial charge in [-0.3, -0.25) is 9.36 Å². The first-order valence-electron chi connectivity index (χ1n) is 12.6. The number of aliphatic hydroxyl groups excluding tert-OH is 1. The molecule has 192 valence electrons. The normalized spacial score (nSPS) is 16.5. The lowest BCUT2D eigenvalue weighted by molar-refractivity contribution is -0.136. The van der Waals surface area contributed by atoms with E-state index < -0.39 is 11.7 Å². The minimum absolute atomic E-state index is 0.252. The number of carbonyl (C=O) groups is 1. The summed E-state index contributed by atoms with van der Waals surface area (Å²) in [4.78, 5) is 35.7. The molecule has 0 radical (unpaired) electrons. The lowest BCUT2D eigenvalue weighted by Crippen LogP contribution is -2.51. The summed E-state index contributed by atoms with van der Waals surface area (Å²) < 4.78 is 9.67. The van der Waals surface area contributed by atoms with Crippen LogP contribution in [0.5, 0.6) is 0 Å². The number of fused-ring (bicyclic) bond motifs is 2. The van der Waals surface area contributed by atoms with E-state index in [1.807, 2.05) is 40.4 Å². The second-order valence-electron chi connectivity index (χ2n) is 9.64. The zero-order valence-corrected chi connectivity index (χ0v) is 21.1. The van der Waals surface area contributed by atoms with Gasteiger partial charge in [0.1, 0.15) is 11.6 Å². The van der Waals surface area contributed by atoms with Crippen LogP contribution >= 0.6 is 0 Å². The molecular formula is C26H30N8O3. The number of imidazole rings is 2. The summed E-state index contributed by atoms with van der Waals surface area (Å²) in [5, 5.41) is 9.40. The van der Waals surface area contributed by atoms with Crippen molar-refractivity contribution in [1.82, 2.24) is 34.0 Å². The van der Waals surface area contributed by atoms with Gasteiger partial charge in [0.15, 0.2) is 22.7 Å². The Morgan fingerprint density at radius 3 is 2.59 bits per heavy atom. The van der Waals surface area contributed by atoms with Crippen molar-refractivity contribution < 1.29 is 14.6 Å². The molecule has 0 aliphatic carbocycles. The Balaban J connectivity index is 1.43. The maximum absolute atomic E-state index is 12.0. The monoisotopic (exact) mass is 502 g/mol. The van der Waals surface area contributed by atoms with E-state index >= 15 is 0 Å². The topological polar surface area (TPSA) is 114 Å². The molecular weight excluding hydrogens is 472 g/mol. The number of aryl methyl sites for hydroxylation is 2. The molecule has 0 unspecified atom stereocenters. The van der Waals surface area contributed by atoms with Crippen molar-refractivity contribution in [2.75, 3.05) is 44.3 Å². The summed E-state index contributed by atoms with van der Waals surface area (Å²) in [6.07, 6.45) is 1.44. The molecule has 2 aliphatic rings. The fraction of sp³-hybridized carbons (Fsp3) is 0.423. The van der Waals surface area contributed by atoms with Crippen LogP contribution in [0, 0.1) is 5.92 Å². The molecule has 5 heterocycles. The van der Waals surface area contributed by atoms with Crippen LogP contribution in [0.15, 0.2) is 36.6 Å². The first-order valence-corrected chi connectivity index (χ1v) is 12.6. The highest BCUT2D eigenvalue weighted by molar-refractivity contribution is 5.91. The number of rotatable bonds is 6. The molecule has 1 amide bonds. The van der Waals surface area contributed by atoms with Crippen LogP contribution in [0.25, 0.3) is 28.1 Å². The summed E-state index contributed by atoms with van der Waals surface area (Å²) in [5.41, 5.74) is 3.41. The van der Waals surface area contributed by atoms with Crippen molar-refractivity contribution in [1.29, 1.82) is 0 Å². The molecule has 2 aliphatic heterocycles. The van der Waals surface area contributed by atoms with Crippen LogP contribution in [-0.4, -0.2) is 84.4 Å². The van der Waals surface area contributed by atoms with E-state index in [4.69, 9.17) is 24.7 Å². The Hall–Kier alpha value is -3.99. The van der Waals surface area contributed by atoms with Gasteiger partial charge < -0.3 is 24.2 Å². The molecule has 2 saturated heterocycles. The molecule has 2 fully saturated rings. The van der Waals surface area contributed by atoms with E-state index in [1.165, 1.54) is 0 Å². The molecule has 1 aromatic carbocycles. The smallest absolute Gasteiger partial charge is 0.288 e. The number of ether oxygens (including phenoxy) is 1. The Bertz CT molecular complexity index is 1510. The average Bonchev–Trinajstić information content (AvgIpc) is 3.42. The number of para-hydroxylation sites is 2. The Labute approximate surface area is 214 Å². The van der Waals surface area contributed by atoms with Crippen LogP contribution in [0.2, 0.25) is 0 Å². The predicted octanol–water partition coefficient (Wildman–Crippen LogP) is 2.17. The van der Waals surface area contributed by atoms with Gasteiger partial charge >= 0.3 is 0 Å². The Morgan fingerprint density at radius 1 is 1.11 bits per heavy atom. The first-order chi connectivity index (χ1) is 17.9. The number of anilines is 1. The summed E-state index contributed by atoms with van der Waals surface area (Å²) >= 11 is 0. The van der Waals surface area contributed by atoms with E-state index in [1.54, 1.807) is 4.90 Å². The molecule has 4 aromatic rings. The van der Waals surface area contributed by atoms with Gasteiger partial charge in [-0.2, -0.15) is 9.97 Å². The third-order valence-corrected chi connectivity index (χ3v) is 7.20. The van der Waals surface area contributed by atoms with Gasteiger partial charge in [-0.25, -0.2) is 9.97 Å². The minimum atomic E-state index is -0.419. The lowest BCUT2D eigenvalue weighted by atomic mass is 9.95. The van der Waals surface area contributed by atoms with Crippen molar-refractivity contribution in [2.24, 2.45) is 13.0 Å². The molecule has 0 bridgehead atoms. The van der Waals surface area contributed by atoms with Crippen LogP contribution in [0.1, 0.15) is 18.6 Å². The number of nitrogens with zero attached hydrogens (tertiary/aromatic N) is 8. The summed E-state index contributed by atoms with van der Waals surface area (Å²) in [6.45, 7) is 9.28. The number of morpholine rings is 1. The quantitative estimate of drug-likeness (QED) is 0.315. The van der Waals surface area contributed by atoms with Crippen LogP contribution in [-0.2, 0) is 29.4 Å². The molecule has 0 saturated carbocycles. The molecule has 3 aromatic heterocycles. The van der Waals surface area contributed by atoms with Crippen LogP contribution < -0.4 is 4.90 Å². The van der Waals surface area contributed by atoms with E-state index in [0.29, 0.717) is 38.7 Å². The van der Waals surface area contributed by atoms with Gasteiger partial charge in [0.25, 0.3) is 5.91 Å². The van der Waals surface area contributed by atoms with Gasteiger partial charge in [-0.15, -0.1) is 0 Å². The number of aliphatic hydroxyl groups is 1. The highest BCUT2D eigenvalue weighted by Gasteiger charge is 2.33. The van der Waals surface area contributed by atoms with Crippen molar-refractivity contribution in [2.45, 2.75) is 19.8 Å². The van der Waals surface area contributed by atoms with E-state index in [9.17, 15) is 9.90 Å². The third-order valence-electron chi connectivity index (χ3n) is 7.20. The average molecular weight is 503 g/mol. The highest BCUT2D eigenvalue weighted by atomic mass is 16.5. The van der Waals surface area contributed by atoms with E-state index in [2.05, 4.69) is 18.4 Å². The maximum Gasteiger partial charge on any atom is 0.288 e. The van der Waals surface area contributed by atoms with Crippen molar-refractivity contribution in [3.8, 4) is 5.95 Å². The van der Waals surface area contributed by atoms with Gasteiger partial charge in [0.2, 0.25) is 5.95 Å². The van der Waals surface area contributed by atoms with E-state index in [-0.39, 0.29) is 5.92 Å². The fourth-order valence-electron chi connectivity index (χ4n) is 5.20. The predicted molar refractivity (Wildman–Crippen MR) is 139 cm³/mol. The van der Waals surface area contributed by atoms with Crippen LogP contribution in [0.4, 0.5) is 5.82 Å². The standard InChI is InChI=1S/C26H30N8O3/c1-4-20-27-18-7-5-6-8-19(18)34(20)26-29-23-22(24(30-26)32-9-11-37-12-10-32)28-21(31(23)3)13-17-14-33(15-17)25(36)16(2)35/h5-8,17,35H,2,4,9-15H2,1,3H3. The summed E-state index contributed by atoms with van der Waals surface area (Å²) in [6, 6.07) is 8.04. The molecule has 11 heteroatoms. The van der Waals surface area contributed by atoms with Crippen molar-refractivity contribution in [3.05, 3.63) is 48.3 Å². The molecule has 11 nitrogen and oxygen atoms in total. The molecule has 1 N–H and O–H groups in total. The van der Waals surface area contributed by atoms with Crippen molar-refractivity contribution >= 4 is 33.9 Å². The second-order valence-corrected chi connectivity index (χ2v) is 9.64. The van der Waals surface area contributed by atoms with Gasteiger partial charge in [0.05, 0.1) is 24.2 Å². The van der Waals surface area contributed by atoms with Crippen LogP contribution in [0.3, 0.4) is 0 Å². The molecule has 0 atom stereocenters. The largest absolute Gasteiger partial charge is 0.503 e. The van der Waals surface area contributed by atoms with Gasteiger partial charge in [-0.05, 0) is 12.1 Å². The molecule has 37 heavy (non-hydrogen) atoms. The third kappa shape index (κ3) is 3.99. The SMILES string of the molecule is C=C(O)C(=O)N1CC(Cc2nc3c(N4CCOCC4)nc(-n4c(CC)nc5ccccc54)nc3n2C)C1. The summed E-state index contributed by atoms with van der Waals surface area (Å²) in [5.74, 6) is 2.59. The number of carbonyl (C=O) groups excluding carboxylic acids is 1. The van der Waals surface area contributed by atoms with E-state index in [0.717, 1.165) is 59.2 Å². The number of hydrogen-bond acceptors (Lipinski definition) is 8. The number of amides is 1. The van der Waals surface area contributed by atoms with Gasteiger partial charge in [0, 0.05) is 52.0 Å². The first kappa shape index (κ1) is 23.4. The minimum Gasteiger partial charge on any atom is -0.503 e. The second kappa shape index (κ2) is 9.15. The maximum atomic E-state index is 12.0. The number of hydrogen-bond donors (Lipinski definition) is 1. The zero-order chi connectivity index (χ0) is 25.7. The Kier molecular flexibility index (Phi) is 5.79. The lowest BCUT2D eigenvalue weighted by Gasteiger charge is -2.38. The Morgan fingerprint density at radius 2 is 1.86 bits per heavy atom. The molecule has 0 spiro atoms. The van der Waals surface area contributed by atoms with Gasteiger partial charge in [-0.1, -0.05) is 25.6 Å². The number of likely N-dealkylation sites (tertiary alicyclic amines) is 1.